The Bertz CT molecular complexity index is 1360. The number of ether oxygens (including phenoxy) is 2. The highest BCUT2D eigenvalue weighted by atomic mass is 35.5. The highest BCUT2D eigenvalue weighted by Gasteiger charge is 2.27. The molecule has 0 N–H and O–H groups in total. The van der Waals surface area contributed by atoms with Gasteiger partial charge in [-0.15, -0.1) is 0 Å². The smallest absolute Gasteiger partial charge is 0.339 e. The molecular formula is C27H18ClNO6. The zero-order valence-electron chi connectivity index (χ0n) is 18.2. The van der Waals surface area contributed by atoms with Crippen molar-refractivity contribution in [1.82, 2.24) is 0 Å². The lowest BCUT2D eigenvalue weighted by Gasteiger charge is -2.17. The summed E-state index contributed by atoms with van der Waals surface area (Å²) in [5.41, 5.74) is 0.846. The zero-order chi connectivity index (χ0) is 24.8. The summed E-state index contributed by atoms with van der Waals surface area (Å²) in [6.07, 6.45) is -1.13. The van der Waals surface area contributed by atoms with Gasteiger partial charge >= 0.3 is 11.7 Å². The Morgan fingerprint density at radius 2 is 1.40 bits per heavy atom. The third-order valence-electron chi connectivity index (χ3n) is 5.08. The van der Waals surface area contributed by atoms with E-state index in [1.54, 1.807) is 60.7 Å². The van der Waals surface area contributed by atoms with Crippen molar-refractivity contribution in [2.75, 3.05) is 0 Å². The molecule has 0 saturated heterocycles. The van der Waals surface area contributed by atoms with Gasteiger partial charge in [0.1, 0.15) is 5.75 Å². The molecule has 0 heterocycles. The minimum Gasteiger partial charge on any atom is -0.449 e. The van der Waals surface area contributed by atoms with Crippen molar-refractivity contribution in [2.24, 2.45) is 0 Å². The lowest BCUT2D eigenvalue weighted by Crippen LogP contribution is -2.20. The molecule has 0 aliphatic heterocycles. The number of hydrogen-bond acceptors (Lipinski definition) is 6. The molecule has 4 aromatic rings. The molecule has 4 rings (SSSR count). The molecule has 174 valence electrons. The molecule has 0 radical (unpaired) electrons. The fraction of sp³-hybridized carbons (Fsp3) is 0.0370. The highest BCUT2D eigenvalue weighted by molar-refractivity contribution is 6.32. The van der Waals surface area contributed by atoms with Crippen molar-refractivity contribution < 1.29 is 24.0 Å². The van der Waals surface area contributed by atoms with Crippen LogP contribution in [0.15, 0.2) is 103 Å². The molecule has 35 heavy (non-hydrogen) atoms. The molecule has 0 aromatic heterocycles. The summed E-state index contributed by atoms with van der Waals surface area (Å²) in [5.74, 6) is -0.931. The molecule has 0 spiro atoms. The molecule has 1 unspecified atom stereocenters. The van der Waals surface area contributed by atoms with Crippen LogP contribution in [0.3, 0.4) is 0 Å². The maximum atomic E-state index is 13.1. The maximum Gasteiger partial charge on any atom is 0.339 e. The summed E-state index contributed by atoms with van der Waals surface area (Å²) >= 11 is 6.07. The van der Waals surface area contributed by atoms with Crippen LogP contribution in [0.5, 0.6) is 11.5 Å². The van der Waals surface area contributed by atoms with E-state index in [2.05, 4.69) is 0 Å². The SMILES string of the molecule is O=C(OC(C(=O)c1ccccc1)c1ccccc1)c1ccc(Oc2c(Cl)cccc2[N+](=O)[O-])cc1. The molecule has 4 aromatic carbocycles. The summed E-state index contributed by atoms with van der Waals surface area (Å²) in [6.45, 7) is 0. The van der Waals surface area contributed by atoms with Gasteiger partial charge in [-0.3, -0.25) is 14.9 Å². The molecule has 0 amide bonds. The molecule has 0 aliphatic carbocycles. The maximum absolute atomic E-state index is 13.1. The van der Waals surface area contributed by atoms with E-state index in [0.717, 1.165) is 0 Å². The zero-order valence-corrected chi connectivity index (χ0v) is 18.9. The third-order valence-corrected chi connectivity index (χ3v) is 5.37. The first-order valence-electron chi connectivity index (χ1n) is 10.5. The fourth-order valence-corrected chi connectivity index (χ4v) is 3.56. The van der Waals surface area contributed by atoms with Gasteiger partial charge in [0, 0.05) is 17.2 Å². The second kappa shape index (κ2) is 10.6. The molecule has 0 fully saturated rings. The number of nitrogens with zero attached hydrogens (tertiary/aromatic N) is 1. The van der Waals surface area contributed by atoms with Crippen molar-refractivity contribution in [3.05, 3.63) is 135 Å². The van der Waals surface area contributed by atoms with Crippen LogP contribution < -0.4 is 4.74 Å². The van der Waals surface area contributed by atoms with Crippen LogP contribution in [0.25, 0.3) is 0 Å². The number of carbonyl (C=O) groups excluding carboxylic acids is 2. The first kappa shape index (κ1) is 23.7. The van der Waals surface area contributed by atoms with E-state index in [9.17, 15) is 19.7 Å². The number of halogens is 1. The number of para-hydroxylation sites is 1. The predicted octanol–water partition coefficient (Wildman–Crippen LogP) is 6.82. The van der Waals surface area contributed by atoms with Crippen LogP contribution in [-0.2, 0) is 4.74 Å². The Kier molecular flexibility index (Phi) is 7.18. The first-order valence-corrected chi connectivity index (χ1v) is 10.9. The molecular weight excluding hydrogens is 470 g/mol. The van der Waals surface area contributed by atoms with E-state index in [1.165, 1.54) is 42.5 Å². The van der Waals surface area contributed by atoms with Gasteiger partial charge in [0.25, 0.3) is 0 Å². The Balaban J connectivity index is 1.55. The van der Waals surface area contributed by atoms with Crippen LogP contribution in [0.2, 0.25) is 5.02 Å². The van der Waals surface area contributed by atoms with Crippen LogP contribution in [-0.4, -0.2) is 16.7 Å². The minimum atomic E-state index is -1.13. The number of nitro benzene ring substituents is 1. The number of benzene rings is 4. The molecule has 0 bridgehead atoms. The van der Waals surface area contributed by atoms with Gasteiger partial charge in [-0.1, -0.05) is 78.3 Å². The first-order chi connectivity index (χ1) is 16.9. The largest absolute Gasteiger partial charge is 0.449 e. The summed E-state index contributed by atoms with van der Waals surface area (Å²) < 4.78 is 11.2. The quantitative estimate of drug-likeness (QED) is 0.117. The van der Waals surface area contributed by atoms with E-state index in [4.69, 9.17) is 21.1 Å². The van der Waals surface area contributed by atoms with E-state index >= 15 is 0 Å². The number of Topliss-reactive ketones (excluding diaryl/α,β-unsaturated/α-hetero) is 1. The summed E-state index contributed by atoms with van der Waals surface area (Å²) in [6, 6.07) is 27.3. The Hall–Kier alpha value is -4.49. The average Bonchev–Trinajstić information content (AvgIpc) is 2.89. The van der Waals surface area contributed by atoms with E-state index in [0.29, 0.717) is 11.1 Å². The highest BCUT2D eigenvalue weighted by Crippen LogP contribution is 2.37. The number of rotatable bonds is 8. The third kappa shape index (κ3) is 5.54. The van der Waals surface area contributed by atoms with Crippen molar-refractivity contribution in [2.45, 2.75) is 6.10 Å². The van der Waals surface area contributed by atoms with Crippen LogP contribution >= 0.6 is 11.6 Å². The lowest BCUT2D eigenvalue weighted by molar-refractivity contribution is -0.385. The number of hydrogen-bond donors (Lipinski definition) is 0. The van der Waals surface area contributed by atoms with Gasteiger partial charge in [-0.05, 0) is 30.3 Å². The van der Waals surface area contributed by atoms with Gasteiger partial charge in [0.15, 0.2) is 6.10 Å². The lowest BCUT2D eigenvalue weighted by atomic mass is 10.00. The molecule has 7 nitrogen and oxygen atoms in total. The van der Waals surface area contributed by atoms with Gasteiger partial charge in [-0.25, -0.2) is 4.79 Å². The second-order valence-electron chi connectivity index (χ2n) is 7.40. The van der Waals surface area contributed by atoms with Crippen LogP contribution in [0, 0.1) is 10.1 Å². The topological polar surface area (TPSA) is 95.7 Å². The van der Waals surface area contributed by atoms with Crippen LogP contribution in [0.1, 0.15) is 32.4 Å². The van der Waals surface area contributed by atoms with E-state index in [1.807, 2.05) is 0 Å². The molecule has 8 heteroatoms. The summed E-state index contributed by atoms with van der Waals surface area (Å²) in [7, 11) is 0. The standard InChI is InChI=1S/C27H18ClNO6/c28-22-12-7-13-23(29(32)33)26(22)34-21-16-14-20(15-17-21)27(31)35-25(19-10-5-2-6-11-19)24(30)18-8-3-1-4-9-18/h1-17,25H. The predicted molar refractivity (Wildman–Crippen MR) is 130 cm³/mol. The van der Waals surface area contributed by atoms with Crippen molar-refractivity contribution in [3.8, 4) is 11.5 Å². The number of carbonyl (C=O) groups is 2. The monoisotopic (exact) mass is 487 g/mol. The second-order valence-corrected chi connectivity index (χ2v) is 7.81. The fourth-order valence-electron chi connectivity index (χ4n) is 3.35. The molecule has 0 saturated carbocycles. The Labute approximate surface area is 205 Å². The van der Waals surface area contributed by atoms with E-state index in [-0.39, 0.29) is 33.6 Å². The Morgan fingerprint density at radius 3 is 2.03 bits per heavy atom. The molecule has 1 atom stereocenters. The van der Waals surface area contributed by atoms with E-state index < -0.39 is 17.0 Å². The van der Waals surface area contributed by atoms with Gasteiger partial charge in [-0.2, -0.15) is 0 Å². The number of esters is 1. The summed E-state index contributed by atoms with van der Waals surface area (Å²) in [5, 5.41) is 11.3. The minimum absolute atomic E-state index is 0.0767. The normalized spacial score (nSPS) is 11.3. The summed E-state index contributed by atoms with van der Waals surface area (Å²) in [4.78, 5) is 36.7. The average molecular weight is 488 g/mol. The van der Waals surface area contributed by atoms with Gasteiger partial charge in [0.05, 0.1) is 15.5 Å². The van der Waals surface area contributed by atoms with Crippen LogP contribution in [0.4, 0.5) is 5.69 Å². The Morgan fingerprint density at radius 1 is 0.771 bits per heavy atom. The van der Waals surface area contributed by atoms with Gasteiger partial charge < -0.3 is 9.47 Å². The van der Waals surface area contributed by atoms with Crippen molar-refractivity contribution >= 4 is 29.0 Å². The van der Waals surface area contributed by atoms with Crippen molar-refractivity contribution in [1.29, 1.82) is 0 Å². The molecule has 0 aliphatic rings. The van der Waals surface area contributed by atoms with Gasteiger partial charge in [0.2, 0.25) is 11.5 Å². The number of ketones is 1. The number of nitro groups is 1. The van der Waals surface area contributed by atoms with Crippen molar-refractivity contribution in [3.63, 3.8) is 0 Å².